The van der Waals surface area contributed by atoms with E-state index in [4.69, 9.17) is 0 Å². The van der Waals surface area contributed by atoms with Crippen molar-refractivity contribution in [3.8, 4) is 0 Å². The number of hydrogen-bond donors (Lipinski definition) is 2. The molecule has 0 heterocycles. The Balaban J connectivity index is 1.76. The molecule has 0 aromatic heterocycles. The number of rotatable bonds is 8. The maximum atomic E-state index is 3.58. The van der Waals surface area contributed by atoms with Crippen LogP contribution in [0.5, 0.6) is 0 Å². The summed E-state index contributed by atoms with van der Waals surface area (Å²) in [6.07, 6.45) is 7.10. The lowest BCUT2D eigenvalue weighted by Gasteiger charge is -2.11. The van der Waals surface area contributed by atoms with E-state index in [1.54, 1.807) is 0 Å². The normalized spacial score (nSPS) is 17.8. The van der Waals surface area contributed by atoms with Crippen molar-refractivity contribution >= 4 is 0 Å². The van der Waals surface area contributed by atoms with Gasteiger partial charge in [0.1, 0.15) is 0 Å². The molecule has 0 amide bonds. The Bertz CT molecular complexity index is 139. The van der Waals surface area contributed by atoms with Gasteiger partial charge < -0.3 is 10.6 Å². The molecule has 0 aromatic rings. The Hall–Kier alpha value is -0.0800. The van der Waals surface area contributed by atoms with Gasteiger partial charge in [-0.2, -0.15) is 0 Å². The zero-order valence-corrected chi connectivity index (χ0v) is 10.5. The van der Waals surface area contributed by atoms with Gasteiger partial charge in [-0.05, 0) is 57.3 Å². The summed E-state index contributed by atoms with van der Waals surface area (Å²) in [5.74, 6) is 1.75. The molecule has 1 aliphatic carbocycles. The van der Waals surface area contributed by atoms with E-state index in [2.05, 4.69) is 24.5 Å². The maximum absolute atomic E-state index is 3.58. The van der Waals surface area contributed by atoms with Crippen molar-refractivity contribution in [2.45, 2.75) is 46.0 Å². The fourth-order valence-electron chi connectivity index (χ4n) is 2.25. The molecule has 0 unspecified atom stereocenters. The van der Waals surface area contributed by atoms with Gasteiger partial charge in [0, 0.05) is 0 Å². The highest BCUT2D eigenvalue weighted by Crippen LogP contribution is 2.23. The molecule has 0 atom stereocenters. The molecule has 0 bridgehead atoms. The Kier molecular flexibility index (Phi) is 7.03. The molecular formula is C13H28N2. The lowest BCUT2D eigenvalue weighted by molar-refractivity contribution is 0.475. The first kappa shape index (κ1) is 13.0. The number of hydrogen-bond acceptors (Lipinski definition) is 2. The lowest BCUT2D eigenvalue weighted by atomic mass is 10.1. The molecule has 1 fully saturated rings. The summed E-state index contributed by atoms with van der Waals surface area (Å²) in [6.45, 7) is 9.26. The topological polar surface area (TPSA) is 24.1 Å². The van der Waals surface area contributed by atoms with Crippen LogP contribution in [0.1, 0.15) is 46.0 Å². The highest BCUT2D eigenvalue weighted by molar-refractivity contribution is 4.69. The van der Waals surface area contributed by atoms with E-state index in [0.717, 1.165) is 24.9 Å². The van der Waals surface area contributed by atoms with Gasteiger partial charge in [-0.25, -0.2) is 0 Å². The van der Waals surface area contributed by atoms with E-state index in [9.17, 15) is 0 Å². The predicted molar refractivity (Wildman–Crippen MR) is 67.2 cm³/mol. The largest absolute Gasteiger partial charge is 0.316 e. The number of nitrogens with one attached hydrogen (secondary N) is 2. The summed E-state index contributed by atoms with van der Waals surface area (Å²) in [6, 6.07) is 0. The van der Waals surface area contributed by atoms with E-state index in [-0.39, 0.29) is 0 Å². The highest BCUT2D eigenvalue weighted by atomic mass is 14.9. The van der Waals surface area contributed by atoms with Crippen LogP contribution in [0.25, 0.3) is 0 Å². The van der Waals surface area contributed by atoms with E-state index in [1.165, 1.54) is 45.2 Å². The van der Waals surface area contributed by atoms with Crippen molar-refractivity contribution in [3.05, 3.63) is 0 Å². The van der Waals surface area contributed by atoms with Crippen molar-refractivity contribution in [1.29, 1.82) is 0 Å². The third kappa shape index (κ3) is 6.91. The Morgan fingerprint density at radius 2 is 1.73 bits per heavy atom. The summed E-state index contributed by atoms with van der Waals surface area (Å²) in [7, 11) is 0. The molecule has 2 N–H and O–H groups in total. The van der Waals surface area contributed by atoms with Crippen LogP contribution in [0.3, 0.4) is 0 Å². The van der Waals surface area contributed by atoms with Crippen LogP contribution < -0.4 is 10.6 Å². The van der Waals surface area contributed by atoms with Gasteiger partial charge in [-0.1, -0.05) is 26.7 Å². The molecule has 2 nitrogen and oxygen atoms in total. The minimum absolute atomic E-state index is 0.774. The van der Waals surface area contributed by atoms with Crippen LogP contribution >= 0.6 is 0 Å². The van der Waals surface area contributed by atoms with E-state index in [0.29, 0.717) is 0 Å². The van der Waals surface area contributed by atoms with Crippen LogP contribution in [0.4, 0.5) is 0 Å². The van der Waals surface area contributed by atoms with Gasteiger partial charge in [0.2, 0.25) is 0 Å². The first-order valence-electron chi connectivity index (χ1n) is 6.70. The standard InChI is InChI=1S/C13H28N2/c1-12(2)10-14-8-5-9-15-11-13-6-3-4-7-13/h12-15H,3-11H2,1-2H3. The van der Waals surface area contributed by atoms with Gasteiger partial charge >= 0.3 is 0 Å². The molecule has 0 spiro atoms. The quantitative estimate of drug-likeness (QED) is 0.604. The van der Waals surface area contributed by atoms with Crippen molar-refractivity contribution < 1.29 is 0 Å². The fourth-order valence-corrected chi connectivity index (χ4v) is 2.25. The summed E-state index contributed by atoms with van der Waals surface area (Å²) in [4.78, 5) is 0. The van der Waals surface area contributed by atoms with Crippen LogP contribution in [0, 0.1) is 11.8 Å². The third-order valence-corrected chi connectivity index (χ3v) is 3.17. The van der Waals surface area contributed by atoms with Crippen LogP contribution in [-0.4, -0.2) is 26.2 Å². The van der Waals surface area contributed by atoms with Crippen molar-refractivity contribution in [1.82, 2.24) is 10.6 Å². The third-order valence-electron chi connectivity index (χ3n) is 3.17. The van der Waals surface area contributed by atoms with Crippen LogP contribution in [0.15, 0.2) is 0 Å². The zero-order chi connectivity index (χ0) is 10.9. The van der Waals surface area contributed by atoms with Crippen molar-refractivity contribution in [2.75, 3.05) is 26.2 Å². The average Bonchev–Trinajstić information content (AvgIpc) is 2.68. The van der Waals surface area contributed by atoms with Gasteiger partial charge in [-0.15, -0.1) is 0 Å². The molecule has 0 aliphatic heterocycles. The maximum Gasteiger partial charge on any atom is -0.00205 e. The Morgan fingerprint density at radius 1 is 1.07 bits per heavy atom. The zero-order valence-electron chi connectivity index (χ0n) is 10.5. The average molecular weight is 212 g/mol. The second-order valence-electron chi connectivity index (χ2n) is 5.31. The van der Waals surface area contributed by atoms with Gasteiger partial charge in [-0.3, -0.25) is 0 Å². The summed E-state index contributed by atoms with van der Waals surface area (Å²) >= 11 is 0. The molecule has 1 saturated carbocycles. The molecule has 0 saturated heterocycles. The predicted octanol–water partition coefficient (Wildman–Crippen LogP) is 2.40. The molecule has 0 radical (unpaired) electrons. The highest BCUT2D eigenvalue weighted by Gasteiger charge is 2.13. The summed E-state index contributed by atoms with van der Waals surface area (Å²) < 4.78 is 0. The van der Waals surface area contributed by atoms with Gasteiger partial charge in [0.15, 0.2) is 0 Å². The lowest BCUT2D eigenvalue weighted by Crippen LogP contribution is -2.27. The van der Waals surface area contributed by atoms with E-state index >= 15 is 0 Å². The summed E-state index contributed by atoms with van der Waals surface area (Å²) in [5, 5.41) is 7.05. The van der Waals surface area contributed by atoms with E-state index < -0.39 is 0 Å². The van der Waals surface area contributed by atoms with Gasteiger partial charge in [0.25, 0.3) is 0 Å². The van der Waals surface area contributed by atoms with E-state index in [1.807, 2.05) is 0 Å². The monoisotopic (exact) mass is 212 g/mol. The van der Waals surface area contributed by atoms with Crippen molar-refractivity contribution in [2.24, 2.45) is 11.8 Å². The molecule has 1 rings (SSSR count). The second-order valence-corrected chi connectivity index (χ2v) is 5.31. The Labute approximate surface area is 95.2 Å². The van der Waals surface area contributed by atoms with Crippen LogP contribution in [-0.2, 0) is 0 Å². The summed E-state index contributed by atoms with van der Waals surface area (Å²) in [5.41, 5.74) is 0. The minimum Gasteiger partial charge on any atom is -0.316 e. The van der Waals surface area contributed by atoms with Crippen LogP contribution in [0.2, 0.25) is 0 Å². The molecule has 1 aliphatic rings. The molecular weight excluding hydrogens is 184 g/mol. The van der Waals surface area contributed by atoms with Gasteiger partial charge in [0.05, 0.1) is 0 Å². The second kappa shape index (κ2) is 8.12. The minimum atomic E-state index is 0.774. The molecule has 90 valence electrons. The molecule has 15 heavy (non-hydrogen) atoms. The first-order chi connectivity index (χ1) is 7.29. The Morgan fingerprint density at radius 3 is 2.40 bits per heavy atom. The SMILES string of the molecule is CC(C)CNCCCNCC1CCCC1. The fraction of sp³-hybridized carbons (Fsp3) is 1.00. The van der Waals surface area contributed by atoms with Crippen molar-refractivity contribution in [3.63, 3.8) is 0 Å². The first-order valence-corrected chi connectivity index (χ1v) is 6.70. The smallest absolute Gasteiger partial charge is 0.00205 e. The molecule has 2 heteroatoms. The molecule has 0 aromatic carbocycles.